The molecule has 1 heteroatoms. The van der Waals surface area contributed by atoms with Crippen LogP contribution in [0.1, 0.15) is 72.6 Å². The number of para-hydroxylation sites is 2. The van der Waals surface area contributed by atoms with E-state index in [9.17, 15) is 0 Å². The molecular weight excluding hydrogens is 675 g/mol. The zero-order valence-corrected chi connectivity index (χ0v) is 32.3. The number of benzene rings is 8. The van der Waals surface area contributed by atoms with Crippen molar-refractivity contribution in [1.29, 1.82) is 0 Å². The Morgan fingerprint density at radius 1 is 0.375 bits per heavy atom. The SMILES string of the molecule is CC1(C)c2ccccc2-c2ccc(C(c3ccc(-c4ccccc4)cc3)c3ccc(-c4ccc5c(c4)c4cccc6c4n5-c4ccccc4C6(C)C)cc3)cc21. The van der Waals surface area contributed by atoms with Gasteiger partial charge in [0.15, 0.2) is 0 Å². The molecule has 1 nitrogen and oxygen atoms in total. The lowest BCUT2D eigenvalue weighted by Crippen LogP contribution is -2.26. The molecule has 56 heavy (non-hydrogen) atoms. The molecule has 0 N–H and O–H groups in total. The Bertz CT molecular complexity index is 2990. The predicted molar refractivity (Wildman–Crippen MR) is 235 cm³/mol. The second-order valence-corrected chi connectivity index (χ2v) is 16.9. The van der Waals surface area contributed by atoms with Crippen LogP contribution < -0.4 is 0 Å². The third kappa shape index (κ3) is 4.74. The highest BCUT2D eigenvalue weighted by Gasteiger charge is 2.37. The number of hydrogen-bond acceptors (Lipinski definition) is 0. The van der Waals surface area contributed by atoms with Gasteiger partial charge in [-0.05, 0) is 90.5 Å². The molecule has 1 aliphatic carbocycles. The molecule has 1 aromatic heterocycles. The van der Waals surface area contributed by atoms with Crippen LogP contribution in [0, 0.1) is 0 Å². The maximum absolute atomic E-state index is 2.50. The molecule has 2 aliphatic rings. The van der Waals surface area contributed by atoms with Crippen LogP contribution in [-0.2, 0) is 10.8 Å². The van der Waals surface area contributed by atoms with E-state index in [-0.39, 0.29) is 16.7 Å². The number of rotatable bonds is 5. The van der Waals surface area contributed by atoms with Crippen molar-refractivity contribution in [2.75, 3.05) is 0 Å². The van der Waals surface area contributed by atoms with Crippen molar-refractivity contribution in [2.45, 2.75) is 44.4 Å². The van der Waals surface area contributed by atoms with Crippen LogP contribution in [-0.4, -0.2) is 4.57 Å². The molecule has 0 radical (unpaired) electrons. The van der Waals surface area contributed by atoms with Gasteiger partial charge in [-0.2, -0.15) is 0 Å². The Morgan fingerprint density at radius 2 is 0.929 bits per heavy atom. The zero-order valence-electron chi connectivity index (χ0n) is 32.3. The summed E-state index contributed by atoms with van der Waals surface area (Å²) in [6.45, 7) is 9.47. The van der Waals surface area contributed by atoms with Crippen molar-refractivity contribution in [3.63, 3.8) is 0 Å². The molecule has 8 aromatic carbocycles. The topological polar surface area (TPSA) is 4.93 Å². The molecule has 1 atom stereocenters. The highest BCUT2D eigenvalue weighted by Crippen LogP contribution is 2.51. The van der Waals surface area contributed by atoms with E-state index >= 15 is 0 Å². The number of nitrogens with zero attached hydrogens (tertiary/aromatic N) is 1. The Labute approximate surface area is 329 Å². The van der Waals surface area contributed by atoms with Gasteiger partial charge < -0.3 is 4.57 Å². The lowest BCUT2D eigenvalue weighted by molar-refractivity contribution is 0.630. The Morgan fingerprint density at radius 3 is 1.68 bits per heavy atom. The summed E-state index contributed by atoms with van der Waals surface area (Å²) < 4.78 is 2.50. The smallest absolute Gasteiger partial charge is 0.0582 e. The lowest BCUT2D eigenvalue weighted by atomic mass is 9.75. The van der Waals surface area contributed by atoms with Crippen molar-refractivity contribution in [2.24, 2.45) is 0 Å². The van der Waals surface area contributed by atoms with Crippen LogP contribution in [0.15, 0.2) is 182 Å². The van der Waals surface area contributed by atoms with Crippen molar-refractivity contribution < 1.29 is 0 Å². The van der Waals surface area contributed by atoms with E-state index in [0.29, 0.717) is 0 Å². The van der Waals surface area contributed by atoms with E-state index < -0.39 is 0 Å². The van der Waals surface area contributed by atoms with E-state index in [1.807, 2.05) is 0 Å². The van der Waals surface area contributed by atoms with Crippen molar-refractivity contribution >= 4 is 21.8 Å². The summed E-state index contributed by atoms with van der Waals surface area (Å²) in [6.07, 6.45) is 0. The van der Waals surface area contributed by atoms with E-state index in [1.54, 1.807) is 0 Å². The summed E-state index contributed by atoms with van der Waals surface area (Å²) in [5.41, 5.74) is 20.9. The fourth-order valence-corrected chi connectivity index (χ4v) is 10.2. The molecule has 0 saturated heterocycles. The summed E-state index contributed by atoms with van der Waals surface area (Å²) in [5.74, 6) is 0.0857. The molecule has 11 rings (SSSR count). The highest BCUT2D eigenvalue weighted by molar-refractivity contribution is 6.12. The molecular formula is C55H43N. The second-order valence-electron chi connectivity index (χ2n) is 16.9. The van der Waals surface area contributed by atoms with Gasteiger partial charge in [0.25, 0.3) is 0 Å². The van der Waals surface area contributed by atoms with Gasteiger partial charge >= 0.3 is 0 Å². The van der Waals surface area contributed by atoms with Gasteiger partial charge in [0.1, 0.15) is 0 Å². The van der Waals surface area contributed by atoms with Crippen LogP contribution in [0.3, 0.4) is 0 Å². The summed E-state index contributed by atoms with van der Waals surface area (Å²) in [4.78, 5) is 0. The summed E-state index contributed by atoms with van der Waals surface area (Å²) >= 11 is 0. The van der Waals surface area contributed by atoms with E-state index in [1.165, 1.54) is 99.8 Å². The van der Waals surface area contributed by atoms with Gasteiger partial charge in [-0.3, -0.25) is 0 Å². The molecule has 1 aliphatic heterocycles. The van der Waals surface area contributed by atoms with Crippen LogP contribution in [0.25, 0.3) is 60.9 Å². The Balaban J connectivity index is 1.02. The van der Waals surface area contributed by atoms with E-state index in [0.717, 1.165) is 0 Å². The normalized spacial score (nSPS) is 15.0. The molecule has 9 aromatic rings. The molecule has 1 unspecified atom stereocenters. The van der Waals surface area contributed by atoms with E-state index in [4.69, 9.17) is 0 Å². The first-order valence-corrected chi connectivity index (χ1v) is 20.0. The first-order chi connectivity index (χ1) is 27.3. The molecule has 0 amide bonds. The van der Waals surface area contributed by atoms with Crippen molar-refractivity contribution in [3.8, 4) is 39.1 Å². The average molecular weight is 718 g/mol. The number of aromatic nitrogens is 1. The average Bonchev–Trinajstić information content (AvgIpc) is 3.69. The third-order valence-electron chi connectivity index (χ3n) is 13.1. The van der Waals surface area contributed by atoms with Crippen LogP contribution in [0.4, 0.5) is 0 Å². The fourth-order valence-electron chi connectivity index (χ4n) is 10.2. The molecule has 0 spiro atoms. The maximum atomic E-state index is 2.50. The minimum absolute atomic E-state index is 0.0621. The Kier molecular flexibility index (Phi) is 7.08. The highest BCUT2D eigenvalue weighted by atomic mass is 15.0. The fraction of sp³-hybridized carbons (Fsp3) is 0.127. The monoisotopic (exact) mass is 717 g/mol. The zero-order chi connectivity index (χ0) is 37.8. The van der Waals surface area contributed by atoms with Crippen LogP contribution >= 0.6 is 0 Å². The number of hydrogen-bond donors (Lipinski definition) is 0. The van der Waals surface area contributed by atoms with Gasteiger partial charge in [-0.15, -0.1) is 0 Å². The first kappa shape index (κ1) is 32.9. The third-order valence-corrected chi connectivity index (χ3v) is 13.1. The first-order valence-electron chi connectivity index (χ1n) is 20.0. The largest absolute Gasteiger partial charge is 0.309 e. The molecule has 0 bridgehead atoms. The Hall–Kier alpha value is -6.44. The minimum atomic E-state index is -0.0733. The number of fused-ring (bicyclic) bond motifs is 8. The van der Waals surface area contributed by atoms with Gasteiger partial charge in [0.05, 0.1) is 16.7 Å². The summed E-state index contributed by atoms with van der Waals surface area (Å²) in [6, 6.07) is 68.3. The maximum Gasteiger partial charge on any atom is 0.0582 e. The predicted octanol–water partition coefficient (Wildman–Crippen LogP) is 14.2. The van der Waals surface area contributed by atoms with E-state index in [2.05, 4.69) is 214 Å². The van der Waals surface area contributed by atoms with Crippen molar-refractivity contribution in [3.05, 3.63) is 221 Å². The van der Waals surface area contributed by atoms with Gasteiger partial charge in [-0.1, -0.05) is 191 Å². The quantitative estimate of drug-likeness (QED) is 0.156. The summed E-state index contributed by atoms with van der Waals surface area (Å²) in [7, 11) is 0. The second kappa shape index (κ2) is 12.0. The van der Waals surface area contributed by atoms with Gasteiger partial charge in [0.2, 0.25) is 0 Å². The lowest BCUT2D eigenvalue weighted by Gasteiger charge is -2.34. The van der Waals surface area contributed by atoms with Crippen molar-refractivity contribution in [1.82, 2.24) is 4.57 Å². The minimum Gasteiger partial charge on any atom is -0.309 e. The molecule has 2 heterocycles. The van der Waals surface area contributed by atoms with Crippen LogP contribution in [0.2, 0.25) is 0 Å². The van der Waals surface area contributed by atoms with Crippen LogP contribution in [0.5, 0.6) is 0 Å². The molecule has 0 saturated carbocycles. The summed E-state index contributed by atoms with van der Waals surface area (Å²) in [5, 5.41) is 2.62. The van der Waals surface area contributed by atoms with Gasteiger partial charge in [0, 0.05) is 27.5 Å². The molecule has 0 fully saturated rings. The molecule has 268 valence electrons. The standard InChI is InChI=1S/C55H43N/c1-54(2)46-17-9-8-15-42(46)43-31-29-41(34-49(43)54)52(38-25-21-36(22-26-38)35-13-6-5-7-14-35)39-27-23-37(24-28-39)40-30-32-50-45(33-40)44-16-12-19-48-53(44)56(50)51-20-11-10-18-47(51)55(48,3)4/h5-34,52H,1-4H3. The van der Waals surface area contributed by atoms with Gasteiger partial charge in [-0.25, -0.2) is 0 Å².